The van der Waals surface area contributed by atoms with Crippen molar-refractivity contribution in [3.8, 4) is 0 Å². The molecule has 20 heavy (non-hydrogen) atoms. The van der Waals surface area contributed by atoms with Crippen molar-refractivity contribution in [3.63, 3.8) is 0 Å². The fourth-order valence-corrected chi connectivity index (χ4v) is 1.95. The molecule has 0 amide bonds. The van der Waals surface area contributed by atoms with Crippen molar-refractivity contribution < 1.29 is 71.2 Å². The Hall–Kier alpha value is 0.536. The van der Waals surface area contributed by atoms with E-state index in [9.17, 15) is 14.7 Å². The van der Waals surface area contributed by atoms with Crippen LogP contribution in [0, 0.1) is 0 Å². The van der Waals surface area contributed by atoms with Gasteiger partial charge in [0.05, 0.1) is 18.4 Å². The molecule has 0 fully saturated rings. The molecule has 0 bridgehead atoms. The summed E-state index contributed by atoms with van der Waals surface area (Å²) < 4.78 is 0. The Labute approximate surface area is 164 Å². The zero-order valence-electron chi connectivity index (χ0n) is 12.8. The van der Waals surface area contributed by atoms with E-state index in [2.05, 4.69) is 12.2 Å². The second kappa shape index (κ2) is 15.9. The number of hydrogen-bond donors (Lipinski definition) is 2. The van der Waals surface area contributed by atoms with Crippen molar-refractivity contribution in [2.45, 2.75) is 70.8 Å². The van der Waals surface area contributed by atoms with Gasteiger partial charge >= 0.3 is 57.4 Å². The summed E-state index contributed by atoms with van der Waals surface area (Å²) in [6, 6.07) is -1.08. The van der Waals surface area contributed by atoms with Crippen molar-refractivity contribution >= 4 is 11.9 Å². The fraction of sp³-hybridized carbons (Fsp3) is 0.857. The second-order valence-electron chi connectivity index (χ2n) is 4.90. The Kier molecular flexibility index (Phi) is 18.2. The Balaban J connectivity index is 0. The summed E-state index contributed by atoms with van der Waals surface area (Å²) in [5.74, 6) is -2.47. The zero-order valence-corrected chi connectivity index (χ0v) is 15.9. The van der Waals surface area contributed by atoms with E-state index in [1.807, 2.05) is 0 Å². The summed E-state index contributed by atoms with van der Waals surface area (Å²) in [6.45, 7) is 2.72. The molecular weight excluding hydrogens is 285 g/mol. The van der Waals surface area contributed by atoms with E-state index in [0.29, 0.717) is 6.54 Å². The van der Waals surface area contributed by atoms with Gasteiger partial charge in [-0.3, -0.25) is 4.79 Å². The number of carbonyl (C=O) groups is 2. The number of carboxylic acids is 2. The van der Waals surface area contributed by atoms with E-state index < -0.39 is 24.4 Å². The van der Waals surface area contributed by atoms with Gasteiger partial charge in [0, 0.05) is 0 Å². The summed E-state index contributed by atoms with van der Waals surface area (Å²) in [6.07, 6.45) is 8.96. The van der Waals surface area contributed by atoms with Gasteiger partial charge in [0.15, 0.2) is 0 Å². The molecule has 1 atom stereocenters. The van der Waals surface area contributed by atoms with Gasteiger partial charge in [-0.05, 0) is 13.0 Å². The topological polar surface area (TPSA) is 89.5 Å². The van der Waals surface area contributed by atoms with Gasteiger partial charge in [-0.1, -0.05) is 51.9 Å². The van der Waals surface area contributed by atoms with Crippen LogP contribution in [0.4, 0.5) is 0 Å². The van der Waals surface area contributed by atoms with Gasteiger partial charge in [-0.15, -0.1) is 0 Å². The average Bonchev–Trinajstić information content (AvgIpc) is 2.34. The van der Waals surface area contributed by atoms with Gasteiger partial charge < -0.3 is 20.3 Å². The molecule has 0 aromatic carbocycles. The standard InChI is InChI=1S/C14H27NO4.K/c1-2-3-4-5-6-7-8-9-10-15-12(14(18)19)11-13(16)17;/h12,15H,2-11H2,1H3,(H,16,17)(H,18,19);/q;+1/p-1/t12-;/m0./s1. The Morgan fingerprint density at radius 3 is 2.00 bits per heavy atom. The van der Waals surface area contributed by atoms with Gasteiger partial charge in [0.1, 0.15) is 0 Å². The smallest absolute Gasteiger partial charge is 0.548 e. The third-order valence-electron chi connectivity index (χ3n) is 3.08. The SMILES string of the molecule is CCCCCCCCCCN[C@@H](CC(=O)O)C(=O)[O-].[K+]. The molecule has 0 aliphatic carbocycles. The number of carboxylic acid groups (broad SMARTS) is 2. The molecule has 0 aliphatic rings. The monoisotopic (exact) mass is 311 g/mol. The minimum atomic E-state index is -1.35. The maximum Gasteiger partial charge on any atom is 1.00 e. The molecular formula is C14H26KNO4. The molecule has 0 aromatic rings. The first-order chi connectivity index (χ1) is 9.07. The zero-order chi connectivity index (χ0) is 14.5. The molecule has 6 heteroatoms. The Morgan fingerprint density at radius 1 is 1.05 bits per heavy atom. The van der Waals surface area contributed by atoms with Crippen molar-refractivity contribution in [3.05, 3.63) is 0 Å². The van der Waals surface area contributed by atoms with Crippen LogP contribution in [0.15, 0.2) is 0 Å². The molecule has 0 heterocycles. The van der Waals surface area contributed by atoms with E-state index in [0.717, 1.165) is 19.3 Å². The average molecular weight is 311 g/mol. The number of carbonyl (C=O) groups excluding carboxylic acids is 1. The molecule has 2 N–H and O–H groups in total. The largest absolute Gasteiger partial charge is 1.00 e. The van der Waals surface area contributed by atoms with Crippen LogP contribution in [0.25, 0.3) is 0 Å². The third kappa shape index (κ3) is 14.9. The number of rotatable bonds is 13. The summed E-state index contributed by atoms with van der Waals surface area (Å²) in [5.41, 5.74) is 0. The maximum atomic E-state index is 10.7. The Bertz CT molecular complexity index is 262. The first-order valence-corrected chi connectivity index (χ1v) is 7.24. The summed E-state index contributed by atoms with van der Waals surface area (Å²) in [4.78, 5) is 21.1. The van der Waals surface area contributed by atoms with Gasteiger partial charge in [-0.2, -0.15) is 0 Å². The van der Waals surface area contributed by atoms with Crippen molar-refractivity contribution in [1.82, 2.24) is 5.32 Å². The minimum Gasteiger partial charge on any atom is -0.548 e. The normalized spacial score (nSPS) is 11.7. The van der Waals surface area contributed by atoms with Crippen LogP contribution in [0.3, 0.4) is 0 Å². The van der Waals surface area contributed by atoms with Crippen molar-refractivity contribution in [1.29, 1.82) is 0 Å². The van der Waals surface area contributed by atoms with Gasteiger partial charge in [0.2, 0.25) is 0 Å². The molecule has 0 aliphatic heterocycles. The first-order valence-electron chi connectivity index (χ1n) is 7.24. The summed E-state index contributed by atoms with van der Waals surface area (Å²) >= 11 is 0. The molecule has 112 valence electrons. The van der Waals surface area contributed by atoms with E-state index in [1.54, 1.807) is 0 Å². The maximum absolute atomic E-state index is 10.7. The summed E-state index contributed by atoms with van der Waals surface area (Å²) in [5, 5.41) is 21.9. The molecule has 0 unspecified atom stereocenters. The third-order valence-corrected chi connectivity index (χ3v) is 3.08. The van der Waals surface area contributed by atoms with Crippen LogP contribution >= 0.6 is 0 Å². The predicted octanol–water partition coefficient (Wildman–Crippen LogP) is -1.69. The van der Waals surface area contributed by atoms with Crippen LogP contribution in [-0.4, -0.2) is 29.6 Å². The molecule has 0 rings (SSSR count). The molecule has 0 aromatic heterocycles. The van der Waals surface area contributed by atoms with Crippen molar-refractivity contribution in [2.24, 2.45) is 0 Å². The van der Waals surface area contributed by atoms with E-state index >= 15 is 0 Å². The quantitative estimate of drug-likeness (QED) is 0.313. The van der Waals surface area contributed by atoms with Crippen LogP contribution in [-0.2, 0) is 9.59 Å². The van der Waals surface area contributed by atoms with Gasteiger partial charge in [-0.25, -0.2) is 0 Å². The van der Waals surface area contributed by atoms with E-state index in [1.165, 1.54) is 32.1 Å². The van der Waals surface area contributed by atoms with E-state index in [-0.39, 0.29) is 51.4 Å². The number of unbranched alkanes of at least 4 members (excludes halogenated alkanes) is 7. The van der Waals surface area contributed by atoms with Crippen LogP contribution < -0.4 is 61.8 Å². The number of nitrogens with one attached hydrogen (secondary N) is 1. The number of hydrogen-bond acceptors (Lipinski definition) is 4. The fourth-order valence-electron chi connectivity index (χ4n) is 1.95. The first kappa shape index (κ1) is 22.8. The number of aliphatic carboxylic acids is 2. The molecule has 0 saturated carbocycles. The molecule has 5 nitrogen and oxygen atoms in total. The molecule has 0 radical (unpaired) electrons. The Morgan fingerprint density at radius 2 is 1.55 bits per heavy atom. The minimum absolute atomic E-state index is 0. The summed E-state index contributed by atoms with van der Waals surface area (Å²) in [7, 11) is 0. The van der Waals surface area contributed by atoms with Crippen LogP contribution in [0.2, 0.25) is 0 Å². The molecule has 0 spiro atoms. The molecule has 0 saturated heterocycles. The predicted molar refractivity (Wildman–Crippen MR) is 71.7 cm³/mol. The van der Waals surface area contributed by atoms with Crippen LogP contribution in [0.1, 0.15) is 64.7 Å². The van der Waals surface area contributed by atoms with E-state index in [4.69, 9.17) is 5.11 Å². The second-order valence-corrected chi connectivity index (χ2v) is 4.90. The van der Waals surface area contributed by atoms with Gasteiger partial charge in [0.25, 0.3) is 0 Å². The van der Waals surface area contributed by atoms with Crippen molar-refractivity contribution in [2.75, 3.05) is 6.54 Å². The van der Waals surface area contributed by atoms with Crippen LogP contribution in [0.5, 0.6) is 0 Å².